The van der Waals surface area contributed by atoms with Crippen molar-refractivity contribution in [2.45, 2.75) is 147 Å². The molecule has 3 heteroatoms. The van der Waals surface area contributed by atoms with E-state index in [9.17, 15) is 0 Å². The molecule has 0 heterocycles. The van der Waals surface area contributed by atoms with Gasteiger partial charge in [0.05, 0.1) is 38.1 Å². The monoisotopic (exact) mass is 628 g/mol. The van der Waals surface area contributed by atoms with E-state index in [4.69, 9.17) is 14.2 Å². The molecular formula is C43H64O3. The first-order valence-corrected chi connectivity index (χ1v) is 21.4. The van der Waals surface area contributed by atoms with E-state index in [1.54, 1.807) is 19.3 Å². The first kappa shape index (κ1) is 28.6. The Morgan fingerprint density at radius 2 is 0.630 bits per heavy atom. The van der Waals surface area contributed by atoms with Crippen LogP contribution in [0.4, 0.5) is 0 Å². The molecule has 46 heavy (non-hydrogen) atoms. The van der Waals surface area contributed by atoms with Crippen LogP contribution in [0.5, 0.6) is 0 Å². The second kappa shape index (κ2) is 10.2. The van der Waals surface area contributed by atoms with Crippen molar-refractivity contribution in [2.24, 2.45) is 99.6 Å². The van der Waals surface area contributed by atoms with Crippen molar-refractivity contribution in [1.29, 1.82) is 0 Å². The third-order valence-electron chi connectivity index (χ3n) is 19.1. The predicted octanol–water partition coefficient (Wildman–Crippen LogP) is 9.32. The van der Waals surface area contributed by atoms with E-state index in [0.29, 0.717) is 18.3 Å². The van der Waals surface area contributed by atoms with Gasteiger partial charge in [-0.15, -0.1) is 0 Å². The quantitative estimate of drug-likeness (QED) is 0.255. The molecule has 0 aromatic rings. The van der Waals surface area contributed by atoms with Crippen molar-refractivity contribution in [3.8, 4) is 0 Å². The predicted molar refractivity (Wildman–Crippen MR) is 179 cm³/mol. The maximum absolute atomic E-state index is 7.58. The largest absolute Gasteiger partial charge is 0.377 e. The molecule has 0 spiro atoms. The van der Waals surface area contributed by atoms with Crippen molar-refractivity contribution >= 4 is 0 Å². The van der Waals surface area contributed by atoms with Crippen molar-refractivity contribution in [3.05, 3.63) is 0 Å². The van der Waals surface area contributed by atoms with Crippen LogP contribution in [0, 0.1) is 99.6 Å². The zero-order valence-corrected chi connectivity index (χ0v) is 28.9. The molecule has 16 aliphatic carbocycles. The lowest BCUT2D eigenvalue weighted by atomic mass is 9.39. The number of hydrogen-bond acceptors (Lipinski definition) is 3. The Labute approximate surface area is 279 Å². The van der Waals surface area contributed by atoms with Crippen molar-refractivity contribution < 1.29 is 14.2 Å². The van der Waals surface area contributed by atoms with Crippen LogP contribution in [-0.4, -0.2) is 38.1 Å². The van der Waals surface area contributed by atoms with Gasteiger partial charge in [-0.3, -0.25) is 0 Å². The van der Waals surface area contributed by atoms with E-state index in [2.05, 4.69) is 0 Å². The molecule has 0 aromatic heterocycles. The number of ether oxygens (including phenoxy) is 3. The van der Waals surface area contributed by atoms with E-state index >= 15 is 0 Å². The smallest absolute Gasteiger partial charge is 0.0632 e. The minimum atomic E-state index is 0.176. The maximum Gasteiger partial charge on any atom is 0.0632 e. The summed E-state index contributed by atoms with van der Waals surface area (Å²) in [7, 11) is 0. The van der Waals surface area contributed by atoms with E-state index in [1.807, 2.05) is 0 Å². The number of rotatable bonds is 9. The highest BCUT2D eigenvalue weighted by Gasteiger charge is 2.67. The molecule has 0 amide bonds. The lowest BCUT2D eigenvalue weighted by Crippen LogP contribution is -2.67. The van der Waals surface area contributed by atoms with Gasteiger partial charge in [0.15, 0.2) is 0 Å². The summed E-state index contributed by atoms with van der Waals surface area (Å²) < 4.78 is 22.7. The van der Waals surface area contributed by atoms with Crippen LogP contribution < -0.4 is 0 Å². The van der Waals surface area contributed by atoms with Gasteiger partial charge < -0.3 is 14.2 Å². The average molecular weight is 629 g/mol. The fourth-order valence-electron chi connectivity index (χ4n) is 18.4. The van der Waals surface area contributed by atoms with Gasteiger partial charge in [0.25, 0.3) is 0 Å². The van der Waals surface area contributed by atoms with Crippen LogP contribution in [0.25, 0.3) is 0 Å². The lowest BCUT2D eigenvalue weighted by Gasteiger charge is -2.68. The summed E-state index contributed by atoms with van der Waals surface area (Å²) >= 11 is 0. The molecule has 0 aromatic carbocycles. The van der Waals surface area contributed by atoms with Gasteiger partial charge in [-0.1, -0.05) is 0 Å². The SMILES string of the molecule is C1C2CC3CC1CC(C2)C3OCC12CC3CC(CC(C3)C1(COC1C3CC4CC(C3)CC1C4)COC1C3CC4CC(C3)CC1C4)C2. The van der Waals surface area contributed by atoms with Gasteiger partial charge in [-0.05, 0) is 217 Å². The number of hydrogen-bond donors (Lipinski definition) is 0. The van der Waals surface area contributed by atoms with E-state index in [0.717, 1.165) is 109 Å². The van der Waals surface area contributed by atoms with Crippen LogP contribution in [0.3, 0.4) is 0 Å². The molecule has 2 unspecified atom stereocenters. The Morgan fingerprint density at radius 1 is 0.326 bits per heavy atom. The van der Waals surface area contributed by atoms with E-state index in [1.165, 1.54) is 109 Å². The Bertz CT molecular complexity index is 1060. The third-order valence-corrected chi connectivity index (χ3v) is 19.1. The summed E-state index contributed by atoms with van der Waals surface area (Å²) in [6.07, 6.45) is 31.3. The van der Waals surface area contributed by atoms with Gasteiger partial charge in [0.2, 0.25) is 0 Å². The molecule has 0 N–H and O–H groups in total. The van der Waals surface area contributed by atoms with Crippen molar-refractivity contribution in [1.82, 2.24) is 0 Å². The standard InChI is InChI=1S/C43H64O3/c1-24-5-32-7-25(1)8-33(6-24)39(32)44-21-42-19-30-4-31(20-42)18-38(17-30)43(42,22-45-40-34-9-26-2-27(11-34)12-35(40)10-26)23-46-41-36-13-28-3-29(15-36)16-37(41)14-28/h24-41H,1-23H2. The summed E-state index contributed by atoms with van der Waals surface area (Å²) in [5.41, 5.74) is 0.462. The van der Waals surface area contributed by atoms with Crippen molar-refractivity contribution in [3.63, 3.8) is 0 Å². The molecular weight excluding hydrogens is 564 g/mol. The molecule has 0 radical (unpaired) electrons. The van der Waals surface area contributed by atoms with Crippen LogP contribution in [-0.2, 0) is 14.2 Å². The fraction of sp³-hybridized carbons (Fsp3) is 1.00. The first-order chi connectivity index (χ1) is 22.5. The Kier molecular flexibility index (Phi) is 6.36. The first-order valence-electron chi connectivity index (χ1n) is 21.4. The minimum Gasteiger partial charge on any atom is -0.377 e. The van der Waals surface area contributed by atoms with Gasteiger partial charge >= 0.3 is 0 Å². The lowest BCUT2D eigenvalue weighted by molar-refractivity contribution is -0.278. The molecule has 2 atom stereocenters. The van der Waals surface area contributed by atoms with Crippen LogP contribution in [0.2, 0.25) is 0 Å². The normalized spacial score (nSPS) is 62.6. The van der Waals surface area contributed by atoms with Crippen LogP contribution >= 0.6 is 0 Å². The third kappa shape index (κ3) is 4.18. The Morgan fingerprint density at radius 3 is 0.978 bits per heavy atom. The topological polar surface area (TPSA) is 27.7 Å². The summed E-state index contributed by atoms with van der Waals surface area (Å²) in [4.78, 5) is 0. The highest BCUT2D eigenvalue weighted by Crippen LogP contribution is 2.70. The second-order valence-corrected chi connectivity index (χ2v) is 21.6. The molecule has 16 fully saturated rings. The molecule has 3 nitrogen and oxygen atoms in total. The Balaban J connectivity index is 0.864. The van der Waals surface area contributed by atoms with Gasteiger partial charge in [0.1, 0.15) is 0 Å². The summed E-state index contributed by atoms with van der Waals surface area (Å²) in [5.74, 6) is 14.0. The molecule has 16 bridgehead atoms. The van der Waals surface area contributed by atoms with Gasteiger partial charge in [-0.2, -0.15) is 0 Å². The van der Waals surface area contributed by atoms with Gasteiger partial charge in [0, 0.05) is 10.8 Å². The van der Waals surface area contributed by atoms with Crippen molar-refractivity contribution in [2.75, 3.05) is 19.8 Å². The highest BCUT2D eigenvalue weighted by atomic mass is 16.5. The summed E-state index contributed by atoms with van der Waals surface area (Å²) in [5, 5.41) is 0. The zero-order valence-electron chi connectivity index (χ0n) is 28.9. The second-order valence-electron chi connectivity index (χ2n) is 21.6. The van der Waals surface area contributed by atoms with E-state index < -0.39 is 0 Å². The summed E-state index contributed by atoms with van der Waals surface area (Å²) in [6, 6.07) is 0. The molecule has 0 aliphatic heterocycles. The highest BCUT2D eigenvalue weighted by molar-refractivity contribution is 5.15. The van der Waals surface area contributed by atoms with Crippen LogP contribution in [0.1, 0.15) is 128 Å². The molecule has 0 saturated heterocycles. The average Bonchev–Trinajstić information content (AvgIpc) is 3.01. The summed E-state index contributed by atoms with van der Waals surface area (Å²) in [6.45, 7) is 3.05. The maximum atomic E-state index is 7.58. The Hall–Kier alpha value is -0.120. The molecule has 16 aliphatic rings. The van der Waals surface area contributed by atoms with Gasteiger partial charge in [-0.25, -0.2) is 0 Å². The van der Waals surface area contributed by atoms with E-state index in [-0.39, 0.29) is 10.8 Å². The molecule has 254 valence electrons. The zero-order chi connectivity index (χ0) is 29.8. The molecule has 16 rings (SSSR count). The minimum absolute atomic E-state index is 0.176. The molecule has 16 saturated carbocycles. The van der Waals surface area contributed by atoms with Crippen LogP contribution in [0.15, 0.2) is 0 Å². The fourth-order valence-corrected chi connectivity index (χ4v) is 18.4.